The fourth-order valence-electron chi connectivity index (χ4n) is 4.13. The Hall–Kier alpha value is -1.84. The van der Waals surface area contributed by atoms with Crippen molar-refractivity contribution in [2.45, 2.75) is 19.0 Å². The van der Waals surface area contributed by atoms with E-state index in [4.69, 9.17) is 4.74 Å². The molecule has 3 heteroatoms. The van der Waals surface area contributed by atoms with Crippen LogP contribution in [0.1, 0.15) is 29.2 Å². The van der Waals surface area contributed by atoms with Crippen LogP contribution < -0.4 is 4.74 Å². The van der Waals surface area contributed by atoms with Gasteiger partial charge in [-0.2, -0.15) is 0 Å². The van der Waals surface area contributed by atoms with Crippen molar-refractivity contribution in [3.8, 4) is 5.75 Å². The van der Waals surface area contributed by atoms with Crippen molar-refractivity contribution >= 4 is 0 Å². The summed E-state index contributed by atoms with van der Waals surface area (Å²) in [5.41, 5.74) is 4.31. The smallest absolute Gasteiger partial charge is 0.122 e. The maximum atomic E-state index is 5.31. The summed E-state index contributed by atoms with van der Waals surface area (Å²) >= 11 is 0. The van der Waals surface area contributed by atoms with Crippen LogP contribution in [0, 0.1) is 0 Å². The summed E-state index contributed by atoms with van der Waals surface area (Å²) < 4.78 is 6.35. The van der Waals surface area contributed by atoms with Gasteiger partial charge in [0.25, 0.3) is 0 Å². The highest BCUT2D eigenvalue weighted by molar-refractivity contribution is 5.40. The standard InChI is InChI=1S/C19H23N2O/c1-21-13-5-12-20(21)19(15-8-10-17(22-2)11-9-15)18-7-4-3-6-16(18)14-21/h3-4,6-11,19H,5,12-14H2,1-2H3/q+1. The molecule has 2 heterocycles. The van der Waals surface area contributed by atoms with Crippen molar-refractivity contribution in [3.63, 3.8) is 0 Å². The second-order valence-corrected chi connectivity index (χ2v) is 6.61. The number of hydrogen-bond acceptors (Lipinski definition) is 2. The molecule has 1 fully saturated rings. The van der Waals surface area contributed by atoms with Gasteiger partial charge in [0, 0.05) is 12.0 Å². The number of methoxy groups -OCH3 is 1. The summed E-state index contributed by atoms with van der Waals surface area (Å²) in [7, 11) is 4.10. The summed E-state index contributed by atoms with van der Waals surface area (Å²) in [6.45, 7) is 3.52. The number of rotatable bonds is 2. The number of quaternary nitrogens is 1. The first kappa shape index (κ1) is 13.8. The van der Waals surface area contributed by atoms with Crippen LogP contribution in [0.4, 0.5) is 0 Å². The maximum absolute atomic E-state index is 5.31. The molecule has 3 nitrogen and oxygen atoms in total. The van der Waals surface area contributed by atoms with E-state index >= 15 is 0 Å². The molecule has 2 aliphatic heterocycles. The molecule has 0 saturated carbocycles. The van der Waals surface area contributed by atoms with E-state index in [1.165, 1.54) is 36.2 Å². The molecule has 0 aliphatic carbocycles. The summed E-state index contributed by atoms with van der Waals surface area (Å²) in [5.74, 6) is 0.923. The normalized spacial score (nSPS) is 27.3. The fraction of sp³-hybridized carbons (Fsp3) is 0.368. The summed E-state index contributed by atoms with van der Waals surface area (Å²) in [4.78, 5) is 0. The molecule has 0 amide bonds. The van der Waals surface area contributed by atoms with Gasteiger partial charge in [0.2, 0.25) is 0 Å². The molecule has 0 N–H and O–H groups in total. The van der Waals surface area contributed by atoms with Crippen LogP contribution >= 0.6 is 0 Å². The first-order valence-electron chi connectivity index (χ1n) is 8.05. The second kappa shape index (κ2) is 5.11. The maximum Gasteiger partial charge on any atom is 0.122 e. The summed E-state index contributed by atoms with van der Waals surface area (Å²) in [5, 5.41) is 2.66. The van der Waals surface area contributed by atoms with E-state index in [1.54, 1.807) is 7.11 Å². The molecule has 2 aliphatic rings. The number of nitrogens with zero attached hydrogens (tertiary/aromatic N) is 2. The molecule has 22 heavy (non-hydrogen) atoms. The molecular weight excluding hydrogens is 272 g/mol. The van der Waals surface area contributed by atoms with E-state index in [0.717, 1.165) is 16.9 Å². The van der Waals surface area contributed by atoms with Crippen LogP contribution in [-0.2, 0) is 6.54 Å². The van der Waals surface area contributed by atoms with Gasteiger partial charge in [0.1, 0.15) is 18.3 Å². The van der Waals surface area contributed by atoms with Crippen LogP contribution in [0.3, 0.4) is 0 Å². The molecule has 2 atom stereocenters. The molecule has 0 radical (unpaired) electrons. The average Bonchev–Trinajstić information content (AvgIpc) is 2.93. The van der Waals surface area contributed by atoms with E-state index < -0.39 is 0 Å². The third-order valence-corrected chi connectivity index (χ3v) is 5.24. The van der Waals surface area contributed by atoms with E-state index in [-0.39, 0.29) is 0 Å². The first-order chi connectivity index (χ1) is 10.7. The van der Waals surface area contributed by atoms with E-state index in [9.17, 15) is 0 Å². The molecule has 0 spiro atoms. The summed E-state index contributed by atoms with van der Waals surface area (Å²) in [6.07, 6.45) is 1.27. The molecule has 2 unspecified atom stereocenters. The van der Waals surface area contributed by atoms with E-state index in [0.29, 0.717) is 6.04 Å². The Kier molecular flexibility index (Phi) is 3.21. The molecular formula is C19H23N2O+. The Balaban J connectivity index is 1.84. The lowest BCUT2D eigenvalue weighted by Gasteiger charge is -2.46. The van der Waals surface area contributed by atoms with E-state index in [2.05, 4.69) is 60.6 Å². The van der Waals surface area contributed by atoms with Crippen molar-refractivity contribution in [3.05, 3.63) is 65.2 Å². The molecule has 2 aromatic rings. The van der Waals surface area contributed by atoms with Crippen molar-refractivity contribution < 1.29 is 9.33 Å². The van der Waals surface area contributed by atoms with Gasteiger partial charge in [0.05, 0.1) is 27.2 Å². The third kappa shape index (κ3) is 2.04. The van der Waals surface area contributed by atoms with Gasteiger partial charge in [-0.1, -0.05) is 36.4 Å². The minimum Gasteiger partial charge on any atom is -0.497 e. The lowest BCUT2D eigenvalue weighted by Crippen LogP contribution is -2.56. The second-order valence-electron chi connectivity index (χ2n) is 6.61. The van der Waals surface area contributed by atoms with Crippen LogP contribution in [0.15, 0.2) is 48.5 Å². The molecule has 0 aromatic heterocycles. The lowest BCUT2D eigenvalue weighted by molar-refractivity contribution is -1.02. The lowest BCUT2D eigenvalue weighted by atomic mass is 9.91. The van der Waals surface area contributed by atoms with Gasteiger partial charge in [-0.05, 0) is 23.3 Å². The number of benzene rings is 2. The largest absolute Gasteiger partial charge is 0.497 e. The Bertz CT molecular complexity index is 682. The SMILES string of the molecule is COc1ccc(C2c3ccccc3C[N+]3(C)CCCN23)cc1. The Labute approximate surface area is 132 Å². The predicted octanol–water partition coefficient (Wildman–Crippen LogP) is 3.37. The topological polar surface area (TPSA) is 12.5 Å². The number of hydrogen-bond donors (Lipinski definition) is 0. The van der Waals surface area contributed by atoms with Crippen molar-refractivity contribution in [1.29, 1.82) is 0 Å². The van der Waals surface area contributed by atoms with Gasteiger partial charge >= 0.3 is 0 Å². The summed E-state index contributed by atoms with van der Waals surface area (Å²) in [6, 6.07) is 17.9. The van der Waals surface area contributed by atoms with Gasteiger partial charge in [-0.25, -0.2) is 4.59 Å². The van der Waals surface area contributed by atoms with Crippen molar-refractivity contribution in [2.75, 3.05) is 27.2 Å². The molecule has 4 rings (SSSR count). The van der Waals surface area contributed by atoms with Gasteiger partial charge in [-0.3, -0.25) is 0 Å². The van der Waals surface area contributed by atoms with Crippen LogP contribution in [0.5, 0.6) is 5.75 Å². The minimum atomic E-state index is 0.350. The van der Waals surface area contributed by atoms with Gasteiger partial charge < -0.3 is 4.74 Å². The zero-order valence-electron chi connectivity index (χ0n) is 13.3. The number of ether oxygens (including phenoxy) is 1. The highest BCUT2D eigenvalue weighted by atomic mass is 16.5. The molecule has 0 bridgehead atoms. The van der Waals surface area contributed by atoms with Crippen LogP contribution in [0.25, 0.3) is 0 Å². The van der Waals surface area contributed by atoms with E-state index in [1.807, 2.05) is 0 Å². The van der Waals surface area contributed by atoms with Crippen molar-refractivity contribution in [1.82, 2.24) is 5.01 Å². The van der Waals surface area contributed by atoms with Crippen LogP contribution in [0.2, 0.25) is 0 Å². The minimum absolute atomic E-state index is 0.350. The van der Waals surface area contributed by atoms with Crippen molar-refractivity contribution in [2.24, 2.45) is 0 Å². The molecule has 1 saturated heterocycles. The third-order valence-electron chi connectivity index (χ3n) is 5.24. The highest BCUT2D eigenvalue weighted by Crippen LogP contribution is 2.43. The highest BCUT2D eigenvalue weighted by Gasteiger charge is 2.46. The van der Waals surface area contributed by atoms with Gasteiger partial charge in [-0.15, -0.1) is 5.01 Å². The Morgan fingerprint density at radius 1 is 1.09 bits per heavy atom. The zero-order valence-corrected chi connectivity index (χ0v) is 13.3. The monoisotopic (exact) mass is 295 g/mol. The van der Waals surface area contributed by atoms with Crippen LogP contribution in [-0.4, -0.2) is 36.8 Å². The average molecular weight is 295 g/mol. The number of fused-ring (bicyclic) bond motifs is 2. The zero-order chi connectivity index (χ0) is 15.2. The van der Waals surface area contributed by atoms with Gasteiger partial charge in [0.15, 0.2) is 0 Å². The fourth-order valence-corrected chi connectivity index (χ4v) is 4.13. The Morgan fingerprint density at radius 3 is 2.64 bits per heavy atom. The first-order valence-corrected chi connectivity index (χ1v) is 8.05. The predicted molar refractivity (Wildman–Crippen MR) is 87.4 cm³/mol. The molecule has 114 valence electrons. The quantitative estimate of drug-likeness (QED) is 0.788. The molecule has 2 aromatic carbocycles. The Morgan fingerprint density at radius 2 is 1.86 bits per heavy atom.